The van der Waals surface area contributed by atoms with E-state index in [0.29, 0.717) is 0 Å². The van der Waals surface area contributed by atoms with Gasteiger partial charge in [0.1, 0.15) is 5.82 Å². The summed E-state index contributed by atoms with van der Waals surface area (Å²) in [6, 6.07) is 8.18. The molecule has 0 fully saturated rings. The van der Waals surface area contributed by atoms with Crippen molar-refractivity contribution in [2.75, 3.05) is 6.61 Å². The van der Waals surface area contributed by atoms with Crippen molar-refractivity contribution in [3.8, 4) is 0 Å². The number of hydrogen-bond acceptors (Lipinski definition) is 2. The lowest BCUT2D eigenvalue weighted by Crippen LogP contribution is -2.19. The Balaban J connectivity index is 2.57. The van der Waals surface area contributed by atoms with Gasteiger partial charge in [-0.25, -0.2) is 4.98 Å². The van der Waals surface area contributed by atoms with E-state index < -0.39 is 0 Å². The van der Waals surface area contributed by atoms with Gasteiger partial charge >= 0.3 is 0 Å². The lowest BCUT2D eigenvalue weighted by Gasteiger charge is -2.20. The Morgan fingerprint density at radius 2 is 1.94 bits per heavy atom. The summed E-state index contributed by atoms with van der Waals surface area (Å²) in [7, 11) is 0. The van der Waals surface area contributed by atoms with Crippen molar-refractivity contribution < 1.29 is 5.11 Å². The van der Waals surface area contributed by atoms with Gasteiger partial charge in [0.05, 0.1) is 11.0 Å². The third-order valence-corrected chi connectivity index (χ3v) is 2.87. The fraction of sp³-hybridized carbons (Fsp3) is 0.500. The molecule has 92 valence electrons. The Kier molecular flexibility index (Phi) is 3.20. The molecule has 1 aromatic heterocycles. The lowest BCUT2D eigenvalue weighted by molar-refractivity contribution is 0.278. The summed E-state index contributed by atoms with van der Waals surface area (Å²) in [5.41, 5.74) is 2.22. The number of aryl methyl sites for hydroxylation is 1. The predicted molar refractivity (Wildman–Crippen MR) is 70.1 cm³/mol. The summed E-state index contributed by atoms with van der Waals surface area (Å²) < 4.78 is 2.23. The Hall–Kier alpha value is -1.35. The number of para-hydroxylation sites is 2. The van der Waals surface area contributed by atoms with Crippen LogP contribution >= 0.6 is 0 Å². The fourth-order valence-electron chi connectivity index (χ4n) is 2.10. The second kappa shape index (κ2) is 4.49. The van der Waals surface area contributed by atoms with Crippen LogP contribution in [0.2, 0.25) is 0 Å². The van der Waals surface area contributed by atoms with Crippen molar-refractivity contribution >= 4 is 11.0 Å². The average molecular weight is 232 g/mol. The molecule has 0 radical (unpaired) electrons. The molecule has 17 heavy (non-hydrogen) atoms. The van der Waals surface area contributed by atoms with Crippen LogP contribution in [-0.4, -0.2) is 21.3 Å². The molecule has 3 heteroatoms. The number of aliphatic hydroxyl groups is 1. The molecule has 0 bridgehead atoms. The van der Waals surface area contributed by atoms with Gasteiger partial charge in [0, 0.05) is 18.6 Å². The van der Waals surface area contributed by atoms with E-state index in [1.807, 2.05) is 18.2 Å². The van der Waals surface area contributed by atoms with Crippen LogP contribution in [-0.2, 0) is 12.0 Å². The quantitative estimate of drug-likeness (QED) is 0.883. The summed E-state index contributed by atoms with van der Waals surface area (Å²) in [4.78, 5) is 4.72. The smallest absolute Gasteiger partial charge is 0.115 e. The van der Waals surface area contributed by atoms with Gasteiger partial charge in [0.15, 0.2) is 0 Å². The summed E-state index contributed by atoms with van der Waals surface area (Å²) >= 11 is 0. The zero-order valence-electron chi connectivity index (χ0n) is 10.8. The minimum absolute atomic E-state index is 0.0223. The molecule has 3 nitrogen and oxygen atoms in total. The van der Waals surface area contributed by atoms with Crippen molar-refractivity contribution in [2.24, 2.45) is 0 Å². The first-order valence-electron chi connectivity index (χ1n) is 6.10. The molecule has 0 spiro atoms. The number of benzene rings is 1. The van der Waals surface area contributed by atoms with Crippen molar-refractivity contribution in [1.82, 2.24) is 9.55 Å². The second-order valence-electron chi connectivity index (χ2n) is 5.40. The van der Waals surface area contributed by atoms with E-state index in [9.17, 15) is 0 Å². The van der Waals surface area contributed by atoms with E-state index in [1.54, 1.807) is 0 Å². The maximum absolute atomic E-state index is 9.00. The Morgan fingerprint density at radius 1 is 1.24 bits per heavy atom. The first-order chi connectivity index (χ1) is 8.04. The number of nitrogens with zero attached hydrogens (tertiary/aromatic N) is 2. The zero-order valence-corrected chi connectivity index (χ0v) is 10.8. The highest BCUT2D eigenvalue weighted by atomic mass is 16.3. The van der Waals surface area contributed by atoms with Gasteiger partial charge in [0.2, 0.25) is 0 Å². The molecule has 0 aliphatic heterocycles. The molecule has 2 aromatic rings. The monoisotopic (exact) mass is 232 g/mol. The van der Waals surface area contributed by atoms with Gasteiger partial charge in [-0.1, -0.05) is 32.9 Å². The van der Waals surface area contributed by atoms with E-state index in [-0.39, 0.29) is 12.0 Å². The third-order valence-electron chi connectivity index (χ3n) is 2.87. The van der Waals surface area contributed by atoms with Gasteiger partial charge in [-0.3, -0.25) is 0 Å². The van der Waals surface area contributed by atoms with E-state index >= 15 is 0 Å². The first-order valence-corrected chi connectivity index (χ1v) is 6.10. The maximum Gasteiger partial charge on any atom is 0.115 e. The van der Waals surface area contributed by atoms with E-state index in [2.05, 4.69) is 31.4 Å². The van der Waals surface area contributed by atoms with Crippen LogP contribution in [0.4, 0.5) is 0 Å². The number of hydrogen-bond donors (Lipinski definition) is 1. The number of fused-ring (bicyclic) bond motifs is 1. The normalized spacial score (nSPS) is 12.2. The number of imidazole rings is 1. The molecule has 0 aliphatic rings. The highest BCUT2D eigenvalue weighted by Crippen LogP contribution is 2.26. The van der Waals surface area contributed by atoms with Crippen LogP contribution in [0.1, 0.15) is 33.0 Å². The van der Waals surface area contributed by atoms with Crippen LogP contribution in [0.15, 0.2) is 24.3 Å². The van der Waals surface area contributed by atoms with Crippen molar-refractivity contribution in [3.05, 3.63) is 30.1 Å². The second-order valence-corrected chi connectivity index (χ2v) is 5.40. The topological polar surface area (TPSA) is 38.0 Å². The van der Waals surface area contributed by atoms with Crippen LogP contribution in [0, 0.1) is 0 Å². The molecule has 0 unspecified atom stereocenters. The minimum atomic E-state index is 0.0223. The van der Waals surface area contributed by atoms with Gasteiger partial charge in [0.25, 0.3) is 0 Å². The Bertz CT molecular complexity index is 508. The van der Waals surface area contributed by atoms with Gasteiger partial charge < -0.3 is 9.67 Å². The van der Waals surface area contributed by atoms with Crippen molar-refractivity contribution in [1.29, 1.82) is 0 Å². The third kappa shape index (κ3) is 2.34. The molecular formula is C14H20N2O. The standard InChI is InChI=1S/C14H20N2O/c1-14(2,3)13-15-11-7-4-5-8-12(11)16(13)9-6-10-17/h4-5,7-8,17H,6,9-10H2,1-3H3. The van der Waals surface area contributed by atoms with Crippen molar-refractivity contribution in [2.45, 2.75) is 39.2 Å². The largest absolute Gasteiger partial charge is 0.396 e. The number of rotatable bonds is 3. The zero-order chi connectivity index (χ0) is 12.5. The van der Waals surface area contributed by atoms with Crippen molar-refractivity contribution in [3.63, 3.8) is 0 Å². The fourth-order valence-corrected chi connectivity index (χ4v) is 2.10. The lowest BCUT2D eigenvalue weighted by atomic mass is 9.95. The molecule has 1 aromatic carbocycles. The van der Waals surface area contributed by atoms with Gasteiger partial charge in [-0.2, -0.15) is 0 Å². The van der Waals surface area contributed by atoms with Gasteiger partial charge in [-0.05, 0) is 18.6 Å². The molecule has 0 amide bonds. The molecular weight excluding hydrogens is 212 g/mol. The highest BCUT2D eigenvalue weighted by molar-refractivity contribution is 5.76. The van der Waals surface area contributed by atoms with Crippen LogP contribution < -0.4 is 0 Å². The molecule has 2 rings (SSSR count). The molecule has 0 aliphatic carbocycles. The Labute approximate surface area is 102 Å². The average Bonchev–Trinajstić information content (AvgIpc) is 2.65. The maximum atomic E-state index is 9.00. The van der Waals surface area contributed by atoms with Crippen LogP contribution in [0.25, 0.3) is 11.0 Å². The Morgan fingerprint density at radius 3 is 2.59 bits per heavy atom. The number of aliphatic hydroxyl groups excluding tert-OH is 1. The molecule has 0 atom stereocenters. The summed E-state index contributed by atoms with van der Waals surface area (Å²) in [5.74, 6) is 1.09. The van der Waals surface area contributed by atoms with Crippen LogP contribution in [0.3, 0.4) is 0 Å². The van der Waals surface area contributed by atoms with E-state index in [0.717, 1.165) is 29.8 Å². The van der Waals surface area contributed by atoms with E-state index in [4.69, 9.17) is 10.1 Å². The summed E-state index contributed by atoms with van der Waals surface area (Å²) in [6.07, 6.45) is 0.767. The highest BCUT2D eigenvalue weighted by Gasteiger charge is 2.22. The minimum Gasteiger partial charge on any atom is -0.396 e. The predicted octanol–water partition coefficient (Wildman–Crippen LogP) is 2.72. The van der Waals surface area contributed by atoms with Gasteiger partial charge in [-0.15, -0.1) is 0 Å². The summed E-state index contributed by atoms with van der Waals surface area (Å²) in [5, 5.41) is 9.00. The molecule has 0 saturated heterocycles. The first kappa shape index (κ1) is 12.1. The molecule has 1 N–H and O–H groups in total. The SMILES string of the molecule is CC(C)(C)c1nc2ccccc2n1CCCO. The van der Waals surface area contributed by atoms with E-state index in [1.165, 1.54) is 0 Å². The molecule has 1 heterocycles. The summed E-state index contributed by atoms with van der Waals surface area (Å²) in [6.45, 7) is 7.55. The number of aromatic nitrogens is 2. The van der Waals surface area contributed by atoms with Crippen LogP contribution in [0.5, 0.6) is 0 Å². The molecule has 0 saturated carbocycles.